The van der Waals surface area contributed by atoms with E-state index in [1.165, 1.54) is 22.6 Å². The second-order valence-corrected chi connectivity index (χ2v) is 7.08. The molecule has 1 unspecified atom stereocenters. The zero-order valence-electron chi connectivity index (χ0n) is 13.9. The Kier molecular flexibility index (Phi) is 3.83. The quantitative estimate of drug-likeness (QED) is 0.630. The summed E-state index contributed by atoms with van der Waals surface area (Å²) in [5.74, 6) is 5.62. The Morgan fingerprint density at radius 3 is 2.96 bits per heavy atom. The zero-order valence-corrected chi connectivity index (χ0v) is 14.7. The van der Waals surface area contributed by atoms with Gasteiger partial charge in [0, 0.05) is 31.1 Å². The molecular formula is C18H15N5O2S. The van der Waals surface area contributed by atoms with E-state index in [9.17, 15) is 9.90 Å². The van der Waals surface area contributed by atoms with Crippen LogP contribution < -0.4 is 5.73 Å². The summed E-state index contributed by atoms with van der Waals surface area (Å²) in [5, 5.41) is 11.2. The number of nitrogen functional groups attached to an aromatic ring is 1. The van der Waals surface area contributed by atoms with Crippen molar-refractivity contribution in [3.8, 4) is 22.4 Å². The zero-order chi connectivity index (χ0) is 18.3. The number of hydrogen-bond acceptors (Lipinski definition) is 7. The molecule has 130 valence electrons. The van der Waals surface area contributed by atoms with Crippen LogP contribution in [-0.2, 0) is 4.79 Å². The molecule has 3 N–H and O–H groups in total. The maximum absolute atomic E-state index is 12.0. The number of likely N-dealkylation sites (tertiary alicyclic amines) is 1. The molecule has 7 nitrogen and oxygen atoms in total. The SMILES string of the molecule is CN1CCC(O)(C#Cc2cccc(-c3nc4c(N)ncnc4s3)c2)C1=O. The number of likely N-dealkylation sites (N-methyl/N-ethyl adjacent to an activating group) is 1. The number of carbonyl (C=O) groups is 1. The van der Waals surface area contributed by atoms with E-state index < -0.39 is 5.60 Å². The van der Waals surface area contributed by atoms with Gasteiger partial charge in [-0.3, -0.25) is 4.79 Å². The number of rotatable bonds is 1. The molecule has 8 heteroatoms. The van der Waals surface area contributed by atoms with Crippen molar-refractivity contribution in [3.63, 3.8) is 0 Å². The highest BCUT2D eigenvalue weighted by atomic mass is 32.1. The summed E-state index contributed by atoms with van der Waals surface area (Å²) in [6.45, 7) is 0.498. The Hall–Kier alpha value is -3.02. The van der Waals surface area contributed by atoms with Crippen molar-refractivity contribution in [2.45, 2.75) is 12.0 Å². The maximum Gasteiger partial charge on any atom is 0.267 e. The van der Waals surface area contributed by atoms with Gasteiger partial charge in [0.2, 0.25) is 5.60 Å². The molecule has 1 aliphatic heterocycles. The van der Waals surface area contributed by atoms with E-state index in [2.05, 4.69) is 26.8 Å². The van der Waals surface area contributed by atoms with Crippen molar-refractivity contribution in [1.29, 1.82) is 0 Å². The third kappa shape index (κ3) is 2.77. The highest BCUT2D eigenvalue weighted by Crippen LogP contribution is 2.31. The topological polar surface area (TPSA) is 105 Å². The molecule has 0 saturated carbocycles. The molecule has 0 radical (unpaired) electrons. The van der Waals surface area contributed by atoms with Crippen LogP contribution in [0.1, 0.15) is 12.0 Å². The smallest absolute Gasteiger partial charge is 0.267 e. The Morgan fingerprint density at radius 2 is 2.23 bits per heavy atom. The summed E-state index contributed by atoms with van der Waals surface area (Å²) in [6, 6.07) is 7.45. The Balaban J connectivity index is 1.68. The lowest BCUT2D eigenvalue weighted by Gasteiger charge is -2.13. The van der Waals surface area contributed by atoms with Gasteiger partial charge in [0.25, 0.3) is 5.91 Å². The molecular weight excluding hydrogens is 350 g/mol. The van der Waals surface area contributed by atoms with Gasteiger partial charge in [-0.15, -0.1) is 0 Å². The second kappa shape index (κ2) is 6.05. The number of benzene rings is 1. The van der Waals surface area contributed by atoms with Crippen molar-refractivity contribution in [3.05, 3.63) is 36.2 Å². The average Bonchev–Trinajstić information content (AvgIpc) is 3.19. The molecule has 1 fully saturated rings. The third-order valence-corrected chi connectivity index (χ3v) is 5.27. The third-order valence-electron chi connectivity index (χ3n) is 4.26. The molecule has 4 rings (SSSR count). The number of thiazole rings is 1. The molecule has 0 spiro atoms. The Labute approximate surface area is 153 Å². The fourth-order valence-electron chi connectivity index (χ4n) is 2.77. The standard InChI is InChI=1S/C18H15N5O2S/c1-23-8-7-18(25,17(23)24)6-5-11-3-2-4-12(9-11)15-22-13-14(19)20-10-21-16(13)26-15/h2-4,9-10,25H,7-8H2,1H3,(H2,19,20,21). The number of fused-ring (bicyclic) bond motifs is 1. The van der Waals surface area contributed by atoms with Crippen molar-refractivity contribution in [2.24, 2.45) is 0 Å². The van der Waals surface area contributed by atoms with Crippen molar-refractivity contribution in [1.82, 2.24) is 19.9 Å². The predicted molar refractivity (Wildman–Crippen MR) is 99.1 cm³/mol. The summed E-state index contributed by atoms with van der Waals surface area (Å²) >= 11 is 1.42. The lowest BCUT2D eigenvalue weighted by molar-refractivity contribution is -0.137. The lowest BCUT2D eigenvalue weighted by Crippen LogP contribution is -2.37. The molecule has 1 saturated heterocycles. The van der Waals surface area contributed by atoms with E-state index in [0.29, 0.717) is 29.9 Å². The number of nitrogens with zero attached hydrogens (tertiary/aromatic N) is 4. The van der Waals surface area contributed by atoms with Gasteiger partial charge >= 0.3 is 0 Å². The van der Waals surface area contributed by atoms with Crippen LogP contribution in [0.2, 0.25) is 0 Å². The fourth-order valence-corrected chi connectivity index (χ4v) is 3.68. The summed E-state index contributed by atoms with van der Waals surface area (Å²) in [7, 11) is 1.66. The normalized spacial score (nSPS) is 19.6. The van der Waals surface area contributed by atoms with Gasteiger partial charge in [0.15, 0.2) is 5.82 Å². The largest absolute Gasteiger partial charge is 0.382 e. The first-order valence-electron chi connectivity index (χ1n) is 7.95. The van der Waals surface area contributed by atoms with Crippen LogP contribution >= 0.6 is 11.3 Å². The fraction of sp³-hybridized carbons (Fsp3) is 0.222. The minimum Gasteiger partial charge on any atom is -0.382 e. The average molecular weight is 365 g/mol. The first-order valence-corrected chi connectivity index (χ1v) is 8.76. The number of amides is 1. The molecule has 1 amide bonds. The van der Waals surface area contributed by atoms with E-state index in [1.807, 2.05) is 24.3 Å². The van der Waals surface area contributed by atoms with Crippen LogP contribution in [-0.4, -0.2) is 50.1 Å². The van der Waals surface area contributed by atoms with Gasteiger partial charge in [-0.25, -0.2) is 15.0 Å². The van der Waals surface area contributed by atoms with Crippen LogP contribution in [0.3, 0.4) is 0 Å². The predicted octanol–water partition coefficient (Wildman–Crippen LogP) is 1.28. The van der Waals surface area contributed by atoms with E-state index >= 15 is 0 Å². The van der Waals surface area contributed by atoms with Crippen LogP contribution in [0.15, 0.2) is 30.6 Å². The summed E-state index contributed by atoms with van der Waals surface area (Å²) in [6.07, 6.45) is 1.72. The molecule has 2 aromatic heterocycles. The van der Waals surface area contributed by atoms with Gasteiger partial charge < -0.3 is 15.7 Å². The van der Waals surface area contributed by atoms with E-state index in [0.717, 1.165) is 15.4 Å². The molecule has 0 bridgehead atoms. The minimum atomic E-state index is -1.61. The summed E-state index contributed by atoms with van der Waals surface area (Å²) in [4.78, 5) is 26.9. The number of aliphatic hydroxyl groups is 1. The number of hydrogen-bond donors (Lipinski definition) is 2. The van der Waals surface area contributed by atoms with Gasteiger partial charge in [-0.05, 0) is 12.1 Å². The first-order chi connectivity index (χ1) is 12.5. The Morgan fingerprint density at radius 1 is 1.38 bits per heavy atom. The maximum atomic E-state index is 12.0. The number of carbonyl (C=O) groups excluding carboxylic acids is 1. The monoisotopic (exact) mass is 365 g/mol. The van der Waals surface area contributed by atoms with E-state index in [4.69, 9.17) is 5.73 Å². The number of aromatic nitrogens is 3. The summed E-state index contributed by atoms with van der Waals surface area (Å²) < 4.78 is 0. The highest BCUT2D eigenvalue weighted by molar-refractivity contribution is 7.21. The minimum absolute atomic E-state index is 0.310. The Bertz CT molecular complexity index is 1080. The van der Waals surface area contributed by atoms with Crippen LogP contribution in [0.5, 0.6) is 0 Å². The molecule has 1 aromatic carbocycles. The molecule has 3 aromatic rings. The van der Waals surface area contributed by atoms with Gasteiger partial charge in [-0.2, -0.15) is 0 Å². The van der Waals surface area contributed by atoms with Crippen LogP contribution in [0.25, 0.3) is 20.9 Å². The van der Waals surface area contributed by atoms with Crippen molar-refractivity contribution < 1.29 is 9.90 Å². The van der Waals surface area contributed by atoms with Gasteiger partial charge in [0.05, 0.1) is 0 Å². The van der Waals surface area contributed by atoms with Crippen LogP contribution in [0.4, 0.5) is 5.82 Å². The molecule has 3 heterocycles. The first kappa shape index (κ1) is 16.4. The molecule has 1 atom stereocenters. The van der Waals surface area contributed by atoms with Crippen molar-refractivity contribution >= 4 is 33.4 Å². The van der Waals surface area contributed by atoms with Gasteiger partial charge in [-0.1, -0.05) is 35.3 Å². The molecule has 0 aliphatic carbocycles. The van der Waals surface area contributed by atoms with E-state index in [1.54, 1.807) is 7.05 Å². The van der Waals surface area contributed by atoms with Crippen molar-refractivity contribution in [2.75, 3.05) is 19.3 Å². The number of anilines is 1. The highest BCUT2D eigenvalue weighted by Gasteiger charge is 2.42. The second-order valence-electron chi connectivity index (χ2n) is 6.10. The summed E-state index contributed by atoms with van der Waals surface area (Å²) in [5.41, 5.74) is 6.37. The molecule has 1 aliphatic rings. The lowest BCUT2D eigenvalue weighted by atomic mass is 10.0. The molecule has 26 heavy (non-hydrogen) atoms. The van der Waals surface area contributed by atoms with Gasteiger partial charge in [0.1, 0.15) is 21.7 Å². The van der Waals surface area contributed by atoms with Crippen LogP contribution in [0, 0.1) is 11.8 Å². The van der Waals surface area contributed by atoms with E-state index in [-0.39, 0.29) is 5.91 Å². The number of nitrogens with two attached hydrogens (primary N) is 1.